The monoisotopic (exact) mass is 347 g/mol. The molecule has 4 aromatic heterocycles. The van der Waals surface area contributed by atoms with Gasteiger partial charge in [-0.1, -0.05) is 17.8 Å². The molecule has 0 radical (unpaired) electrons. The highest BCUT2D eigenvalue weighted by Gasteiger charge is 2.18. The molecule has 0 unspecified atom stereocenters. The number of aromatic nitrogens is 5. The smallest absolute Gasteiger partial charge is 0.187 e. The van der Waals surface area contributed by atoms with Crippen LogP contribution in [0.2, 0.25) is 0 Å². The maximum atomic E-state index is 4.85. The minimum absolute atomic E-state index is 0.739. The number of pyridine rings is 2. The lowest BCUT2D eigenvalue weighted by Crippen LogP contribution is -1.96. The van der Waals surface area contributed by atoms with Gasteiger partial charge in [0.1, 0.15) is 17.0 Å². The number of nitrogens with zero attached hydrogens (tertiary/aromatic N) is 5. The summed E-state index contributed by atoms with van der Waals surface area (Å²) in [6.45, 7) is 4.05. The molecule has 4 rings (SSSR count). The predicted octanol–water partition coefficient (Wildman–Crippen LogP) is 4.19. The Kier molecular flexibility index (Phi) is 3.97. The van der Waals surface area contributed by atoms with Gasteiger partial charge in [-0.25, -0.2) is 15.0 Å². The third-order valence-electron chi connectivity index (χ3n) is 3.97. The molecule has 0 saturated heterocycles. The molecule has 0 fully saturated rings. The van der Waals surface area contributed by atoms with E-state index in [1.807, 2.05) is 43.6 Å². The lowest BCUT2D eigenvalue weighted by Gasteiger charge is -2.06. The zero-order valence-electron chi connectivity index (χ0n) is 14.3. The summed E-state index contributed by atoms with van der Waals surface area (Å²) in [5.74, 6) is 0. The number of hydrogen-bond donors (Lipinski definition) is 0. The van der Waals surface area contributed by atoms with Crippen molar-refractivity contribution in [2.24, 2.45) is 0 Å². The number of rotatable bonds is 3. The second-order valence-electron chi connectivity index (χ2n) is 5.83. The summed E-state index contributed by atoms with van der Waals surface area (Å²) < 4.78 is 2.07. The summed E-state index contributed by atoms with van der Waals surface area (Å²) in [5.41, 5.74) is 6.47. The first-order valence-electron chi connectivity index (χ1n) is 7.96. The zero-order valence-corrected chi connectivity index (χ0v) is 15.1. The fraction of sp³-hybridized carbons (Fsp3) is 0.158. The summed E-state index contributed by atoms with van der Waals surface area (Å²) in [6.07, 6.45) is 5.79. The summed E-state index contributed by atoms with van der Waals surface area (Å²) in [5, 5.41) is 0.739. The van der Waals surface area contributed by atoms with Gasteiger partial charge < -0.3 is 0 Å². The highest BCUT2D eigenvalue weighted by molar-refractivity contribution is 7.98. The molecule has 0 aliphatic rings. The minimum atomic E-state index is 0.739. The standard InChI is InChI=1S/C19H17N5S/c1-12-8-10-24-16(11-12)23-17(14-6-4-5-13(2)21-14)18(24)15-7-9-20-19(22-15)25-3/h4-11H,1-3H3. The fourth-order valence-corrected chi connectivity index (χ4v) is 3.17. The van der Waals surface area contributed by atoms with Gasteiger partial charge in [-0.2, -0.15) is 0 Å². The van der Waals surface area contributed by atoms with Crippen LogP contribution in [0.25, 0.3) is 28.4 Å². The predicted molar refractivity (Wildman–Crippen MR) is 101 cm³/mol. The van der Waals surface area contributed by atoms with Crippen LogP contribution in [0.3, 0.4) is 0 Å². The van der Waals surface area contributed by atoms with E-state index in [1.165, 1.54) is 17.3 Å². The molecular weight excluding hydrogens is 330 g/mol. The van der Waals surface area contributed by atoms with Crippen LogP contribution in [-0.2, 0) is 0 Å². The molecule has 4 aromatic rings. The average molecular weight is 347 g/mol. The molecule has 5 nitrogen and oxygen atoms in total. The molecule has 6 heteroatoms. The van der Waals surface area contributed by atoms with Gasteiger partial charge in [-0.15, -0.1) is 0 Å². The summed E-state index contributed by atoms with van der Waals surface area (Å²) >= 11 is 1.52. The quantitative estimate of drug-likeness (QED) is 0.411. The Labute approximate surface area is 150 Å². The molecular formula is C19H17N5S. The Hall–Kier alpha value is -2.73. The Morgan fingerprint density at radius 1 is 0.960 bits per heavy atom. The van der Waals surface area contributed by atoms with Crippen molar-refractivity contribution in [1.29, 1.82) is 0 Å². The molecule has 0 saturated carbocycles. The van der Waals surface area contributed by atoms with Crippen molar-refractivity contribution in [3.63, 3.8) is 0 Å². The number of fused-ring (bicyclic) bond motifs is 1. The van der Waals surface area contributed by atoms with Gasteiger partial charge in [0, 0.05) is 18.1 Å². The summed E-state index contributed by atoms with van der Waals surface area (Å²) in [7, 11) is 0. The Balaban J connectivity index is 2.04. The summed E-state index contributed by atoms with van der Waals surface area (Å²) in [6, 6.07) is 12.0. The average Bonchev–Trinajstić information content (AvgIpc) is 3.00. The Morgan fingerprint density at radius 3 is 2.64 bits per heavy atom. The van der Waals surface area contributed by atoms with Crippen molar-refractivity contribution in [1.82, 2.24) is 24.3 Å². The van der Waals surface area contributed by atoms with Crippen LogP contribution < -0.4 is 0 Å². The number of aryl methyl sites for hydroxylation is 2. The van der Waals surface area contributed by atoms with E-state index < -0.39 is 0 Å². The molecule has 0 bridgehead atoms. The summed E-state index contributed by atoms with van der Waals surface area (Å²) in [4.78, 5) is 18.5. The van der Waals surface area contributed by atoms with Gasteiger partial charge >= 0.3 is 0 Å². The van der Waals surface area contributed by atoms with E-state index in [-0.39, 0.29) is 0 Å². The van der Waals surface area contributed by atoms with Crippen molar-refractivity contribution >= 4 is 17.4 Å². The number of hydrogen-bond acceptors (Lipinski definition) is 5. The highest BCUT2D eigenvalue weighted by Crippen LogP contribution is 2.31. The van der Waals surface area contributed by atoms with Crippen LogP contribution in [0.15, 0.2) is 53.9 Å². The van der Waals surface area contributed by atoms with E-state index in [9.17, 15) is 0 Å². The first kappa shape index (κ1) is 15.8. The van der Waals surface area contributed by atoms with Gasteiger partial charge in [0.15, 0.2) is 5.16 Å². The van der Waals surface area contributed by atoms with E-state index in [2.05, 4.69) is 38.4 Å². The second kappa shape index (κ2) is 6.29. The topological polar surface area (TPSA) is 56.0 Å². The van der Waals surface area contributed by atoms with Gasteiger partial charge in [-0.05, 0) is 56.0 Å². The van der Waals surface area contributed by atoms with Crippen LogP contribution in [0.1, 0.15) is 11.3 Å². The fourth-order valence-electron chi connectivity index (χ4n) is 2.82. The van der Waals surface area contributed by atoms with E-state index in [1.54, 1.807) is 6.20 Å². The largest absolute Gasteiger partial charge is 0.298 e. The van der Waals surface area contributed by atoms with E-state index in [0.29, 0.717) is 0 Å². The van der Waals surface area contributed by atoms with Crippen molar-refractivity contribution in [3.8, 4) is 22.8 Å². The van der Waals surface area contributed by atoms with Gasteiger partial charge in [0.05, 0.1) is 11.4 Å². The highest BCUT2D eigenvalue weighted by atomic mass is 32.2. The number of thioether (sulfide) groups is 1. The third kappa shape index (κ3) is 2.89. The first-order chi connectivity index (χ1) is 12.2. The normalized spacial score (nSPS) is 11.2. The number of imidazole rings is 1. The first-order valence-corrected chi connectivity index (χ1v) is 9.18. The van der Waals surface area contributed by atoms with Gasteiger partial charge in [0.2, 0.25) is 0 Å². The van der Waals surface area contributed by atoms with Crippen LogP contribution in [-0.4, -0.2) is 30.6 Å². The van der Waals surface area contributed by atoms with Crippen LogP contribution in [0, 0.1) is 13.8 Å². The Bertz CT molecular complexity index is 1070. The second-order valence-corrected chi connectivity index (χ2v) is 6.61. The van der Waals surface area contributed by atoms with Crippen molar-refractivity contribution in [2.75, 3.05) is 6.26 Å². The molecule has 25 heavy (non-hydrogen) atoms. The molecule has 124 valence electrons. The maximum Gasteiger partial charge on any atom is 0.187 e. The third-order valence-corrected chi connectivity index (χ3v) is 4.53. The maximum absolute atomic E-state index is 4.85. The van der Waals surface area contributed by atoms with Crippen LogP contribution in [0.4, 0.5) is 0 Å². The van der Waals surface area contributed by atoms with Gasteiger partial charge in [0.25, 0.3) is 0 Å². The molecule has 0 N–H and O–H groups in total. The lowest BCUT2D eigenvalue weighted by molar-refractivity contribution is 0.968. The molecule has 0 aliphatic carbocycles. The van der Waals surface area contributed by atoms with Crippen molar-refractivity contribution in [3.05, 3.63) is 60.0 Å². The zero-order chi connectivity index (χ0) is 17.4. The minimum Gasteiger partial charge on any atom is -0.298 e. The molecule has 0 amide bonds. The molecule has 0 aliphatic heterocycles. The van der Waals surface area contributed by atoms with E-state index in [0.717, 1.165) is 39.3 Å². The molecule has 0 atom stereocenters. The van der Waals surface area contributed by atoms with Crippen LogP contribution in [0.5, 0.6) is 0 Å². The molecule has 0 aromatic carbocycles. The molecule has 4 heterocycles. The SMILES string of the molecule is CSc1nccc(-c2c(-c3cccc(C)n3)nc3cc(C)ccn23)n1. The van der Waals surface area contributed by atoms with Gasteiger partial charge in [-0.3, -0.25) is 9.38 Å². The van der Waals surface area contributed by atoms with E-state index >= 15 is 0 Å². The van der Waals surface area contributed by atoms with E-state index in [4.69, 9.17) is 4.98 Å². The lowest BCUT2D eigenvalue weighted by atomic mass is 10.1. The van der Waals surface area contributed by atoms with Crippen molar-refractivity contribution < 1.29 is 0 Å². The Morgan fingerprint density at radius 2 is 1.84 bits per heavy atom. The van der Waals surface area contributed by atoms with Crippen LogP contribution >= 0.6 is 11.8 Å². The molecule has 0 spiro atoms. The van der Waals surface area contributed by atoms with Crippen molar-refractivity contribution in [2.45, 2.75) is 19.0 Å².